The van der Waals surface area contributed by atoms with Crippen molar-refractivity contribution >= 4 is 40.1 Å². The van der Waals surface area contributed by atoms with Crippen LogP contribution in [0.15, 0.2) is 17.1 Å². The summed E-state index contributed by atoms with van der Waals surface area (Å²) < 4.78 is 15.4. The van der Waals surface area contributed by atoms with Crippen molar-refractivity contribution in [2.24, 2.45) is 0 Å². The van der Waals surface area contributed by atoms with E-state index in [1.165, 1.54) is 11.7 Å². The van der Waals surface area contributed by atoms with Crippen molar-refractivity contribution in [3.63, 3.8) is 0 Å². The average molecular weight is 381 g/mol. The van der Waals surface area contributed by atoms with Gasteiger partial charge in [0.15, 0.2) is 5.65 Å². The number of nitrogens with zero attached hydrogens (tertiary/aromatic N) is 4. The Morgan fingerprint density at radius 1 is 1.44 bits per heavy atom. The lowest BCUT2D eigenvalue weighted by Crippen LogP contribution is -2.23. The van der Waals surface area contributed by atoms with E-state index < -0.39 is 11.4 Å². The molecule has 3 aromatic rings. The number of hydrogen-bond acceptors (Lipinski definition) is 8. The summed E-state index contributed by atoms with van der Waals surface area (Å²) in [6, 6.07) is 1.82. The Bertz CT molecular complexity index is 1030. The first-order valence-corrected chi connectivity index (χ1v) is 8.39. The van der Waals surface area contributed by atoms with Gasteiger partial charge in [-0.1, -0.05) is 11.6 Å². The first kappa shape index (κ1) is 17.3. The molecule has 0 spiro atoms. The van der Waals surface area contributed by atoms with E-state index in [0.29, 0.717) is 10.7 Å². The standard InChI is InChI=1S/C15H13ClN4O4S/c1-4-24-13(22)9-10(21)8-7(2)5-6-17-12(8)20(11(9)16)15-18-14(23-3)19-25-15/h5-6H,4H2,1-3H3. The molecule has 0 radical (unpaired) electrons. The lowest BCUT2D eigenvalue weighted by Gasteiger charge is -2.13. The van der Waals surface area contributed by atoms with Gasteiger partial charge in [0, 0.05) is 17.7 Å². The lowest BCUT2D eigenvalue weighted by molar-refractivity contribution is 0.0524. The highest BCUT2D eigenvalue weighted by Crippen LogP contribution is 2.28. The van der Waals surface area contributed by atoms with Gasteiger partial charge >= 0.3 is 12.0 Å². The number of methoxy groups -OCH3 is 1. The Labute approximate surface area is 151 Å². The van der Waals surface area contributed by atoms with Crippen LogP contribution in [-0.2, 0) is 4.74 Å². The summed E-state index contributed by atoms with van der Waals surface area (Å²) in [6.45, 7) is 3.51. The molecule has 3 aromatic heterocycles. The van der Waals surface area contributed by atoms with Crippen molar-refractivity contribution in [2.45, 2.75) is 13.8 Å². The second-order valence-electron chi connectivity index (χ2n) is 4.94. The molecule has 0 unspecified atom stereocenters. The zero-order valence-corrected chi connectivity index (χ0v) is 15.1. The highest BCUT2D eigenvalue weighted by molar-refractivity contribution is 7.08. The number of pyridine rings is 2. The summed E-state index contributed by atoms with van der Waals surface area (Å²) in [5.41, 5.74) is 0.141. The molecule has 0 aromatic carbocycles. The van der Waals surface area contributed by atoms with Crippen LogP contribution >= 0.6 is 23.1 Å². The number of hydrogen-bond donors (Lipinski definition) is 0. The first-order chi connectivity index (χ1) is 12.0. The fraction of sp³-hybridized carbons (Fsp3) is 0.267. The molecule has 0 saturated heterocycles. The van der Waals surface area contributed by atoms with Crippen molar-refractivity contribution in [3.8, 4) is 11.1 Å². The zero-order valence-electron chi connectivity index (χ0n) is 13.6. The third-order valence-corrected chi connectivity index (χ3v) is 4.50. The number of fused-ring (bicyclic) bond motifs is 1. The fourth-order valence-corrected chi connectivity index (χ4v) is 3.38. The average Bonchev–Trinajstić information content (AvgIpc) is 3.03. The van der Waals surface area contributed by atoms with Crippen LogP contribution in [0.1, 0.15) is 22.8 Å². The molecular formula is C15H13ClN4O4S. The molecule has 0 aliphatic heterocycles. The SMILES string of the molecule is CCOC(=O)c1c(Cl)n(-c2nc(OC)ns2)c2nccc(C)c2c1=O. The van der Waals surface area contributed by atoms with Crippen LogP contribution in [0.2, 0.25) is 5.15 Å². The monoisotopic (exact) mass is 380 g/mol. The Balaban J connectivity index is 2.44. The maximum Gasteiger partial charge on any atom is 0.345 e. The van der Waals surface area contributed by atoms with Crippen molar-refractivity contribution in [1.82, 2.24) is 18.9 Å². The third-order valence-electron chi connectivity index (χ3n) is 3.46. The summed E-state index contributed by atoms with van der Waals surface area (Å²) in [5, 5.41) is 0.451. The predicted octanol–water partition coefficient (Wildman–Crippen LogP) is 2.38. The van der Waals surface area contributed by atoms with E-state index in [4.69, 9.17) is 21.1 Å². The third kappa shape index (κ3) is 2.85. The van der Waals surface area contributed by atoms with Crippen LogP contribution < -0.4 is 10.2 Å². The van der Waals surface area contributed by atoms with E-state index >= 15 is 0 Å². The number of aromatic nitrogens is 4. The summed E-state index contributed by atoms with van der Waals surface area (Å²) in [7, 11) is 1.43. The van der Waals surface area contributed by atoms with E-state index in [1.807, 2.05) is 0 Å². The number of ether oxygens (including phenoxy) is 2. The van der Waals surface area contributed by atoms with Crippen LogP contribution in [-0.4, -0.2) is 38.6 Å². The van der Waals surface area contributed by atoms with Gasteiger partial charge in [0.1, 0.15) is 10.7 Å². The molecule has 0 aliphatic rings. The van der Waals surface area contributed by atoms with Gasteiger partial charge < -0.3 is 9.47 Å². The number of halogens is 1. The van der Waals surface area contributed by atoms with Crippen molar-refractivity contribution in [2.75, 3.05) is 13.7 Å². The molecule has 0 aliphatic carbocycles. The summed E-state index contributed by atoms with van der Waals surface area (Å²) >= 11 is 7.38. The van der Waals surface area contributed by atoms with Crippen molar-refractivity contribution in [3.05, 3.63) is 38.8 Å². The molecule has 0 fully saturated rings. The van der Waals surface area contributed by atoms with Gasteiger partial charge in [-0.3, -0.25) is 9.36 Å². The Morgan fingerprint density at radius 3 is 2.84 bits per heavy atom. The zero-order chi connectivity index (χ0) is 18.1. The first-order valence-electron chi connectivity index (χ1n) is 7.24. The van der Waals surface area contributed by atoms with E-state index in [9.17, 15) is 9.59 Å². The summed E-state index contributed by atoms with van der Waals surface area (Å²) in [4.78, 5) is 33.6. The second-order valence-corrected chi connectivity index (χ2v) is 6.03. The largest absolute Gasteiger partial charge is 0.466 e. The minimum Gasteiger partial charge on any atom is -0.466 e. The molecule has 0 saturated carbocycles. The number of carbonyl (C=O) groups is 1. The molecule has 130 valence electrons. The molecule has 25 heavy (non-hydrogen) atoms. The Morgan fingerprint density at radius 2 is 2.20 bits per heavy atom. The Kier molecular flexibility index (Phi) is 4.69. The normalized spacial score (nSPS) is 10.9. The number of carbonyl (C=O) groups excluding carboxylic acids is 1. The van der Waals surface area contributed by atoms with Gasteiger partial charge in [-0.05, 0) is 25.5 Å². The van der Waals surface area contributed by atoms with E-state index in [0.717, 1.165) is 11.5 Å². The van der Waals surface area contributed by atoms with Crippen LogP contribution in [0.25, 0.3) is 16.2 Å². The van der Waals surface area contributed by atoms with Gasteiger partial charge in [-0.15, -0.1) is 4.37 Å². The van der Waals surface area contributed by atoms with Gasteiger partial charge in [-0.25, -0.2) is 9.78 Å². The minimum absolute atomic E-state index is 0.116. The van der Waals surface area contributed by atoms with Gasteiger partial charge in [0.2, 0.25) is 10.6 Å². The van der Waals surface area contributed by atoms with E-state index in [1.54, 1.807) is 26.1 Å². The van der Waals surface area contributed by atoms with Crippen LogP contribution in [0.5, 0.6) is 6.01 Å². The van der Waals surface area contributed by atoms with Gasteiger partial charge in [0.25, 0.3) is 0 Å². The fourth-order valence-electron chi connectivity index (χ4n) is 2.35. The highest BCUT2D eigenvalue weighted by Gasteiger charge is 2.26. The molecular weight excluding hydrogens is 368 g/mol. The number of aryl methyl sites for hydroxylation is 1. The van der Waals surface area contributed by atoms with E-state index in [-0.39, 0.29) is 34.4 Å². The molecule has 0 N–H and O–H groups in total. The van der Waals surface area contributed by atoms with Crippen LogP contribution in [0, 0.1) is 6.92 Å². The molecule has 10 heteroatoms. The molecule has 3 heterocycles. The van der Waals surface area contributed by atoms with E-state index in [2.05, 4.69) is 14.3 Å². The molecule has 3 rings (SSSR count). The molecule has 0 atom stereocenters. The number of esters is 1. The summed E-state index contributed by atoms with van der Waals surface area (Å²) in [6.07, 6.45) is 1.55. The van der Waals surface area contributed by atoms with Crippen molar-refractivity contribution in [1.29, 1.82) is 0 Å². The lowest BCUT2D eigenvalue weighted by atomic mass is 10.1. The number of rotatable bonds is 4. The quantitative estimate of drug-likeness (QED) is 0.506. The van der Waals surface area contributed by atoms with Crippen LogP contribution in [0.4, 0.5) is 0 Å². The topological polar surface area (TPSA) is 96.2 Å². The Hall–Kier alpha value is -2.52. The minimum atomic E-state index is -0.798. The van der Waals surface area contributed by atoms with Crippen LogP contribution in [0.3, 0.4) is 0 Å². The maximum atomic E-state index is 12.8. The molecule has 0 amide bonds. The second kappa shape index (κ2) is 6.77. The maximum absolute atomic E-state index is 12.8. The highest BCUT2D eigenvalue weighted by atomic mass is 35.5. The molecule has 0 bridgehead atoms. The van der Waals surface area contributed by atoms with Gasteiger partial charge in [-0.2, -0.15) is 4.98 Å². The summed E-state index contributed by atoms with van der Waals surface area (Å²) in [5.74, 6) is -0.798. The molecule has 8 nitrogen and oxygen atoms in total. The van der Waals surface area contributed by atoms with Gasteiger partial charge in [0.05, 0.1) is 19.1 Å². The van der Waals surface area contributed by atoms with Crippen molar-refractivity contribution < 1.29 is 14.3 Å². The predicted molar refractivity (Wildman–Crippen MR) is 93.1 cm³/mol. The smallest absolute Gasteiger partial charge is 0.345 e.